The van der Waals surface area contributed by atoms with Crippen molar-refractivity contribution in [3.05, 3.63) is 76.3 Å². The maximum absolute atomic E-state index is 13.2. The number of imide groups is 1. The Morgan fingerprint density at radius 1 is 1.03 bits per heavy atom. The molecule has 2 aromatic carbocycles. The fourth-order valence-corrected chi connectivity index (χ4v) is 5.91. The van der Waals surface area contributed by atoms with Crippen LogP contribution in [0.4, 0.5) is 0 Å². The minimum Gasteiger partial charge on any atom is -0.282 e. The summed E-state index contributed by atoms with van der Waals surface area (Å²) < 4.78 is 0. The van der Waals surface area contributed by atoms with Crippen molar-refractivity contribution in [2.24, 2.45) is 5.92 Å². The SMILES string of the molecule is CCN1C(=O)[C@@H]2[C@H](C1=O)c1sc(-c3ccccc3)nc1C[C@H]2c1ccc(C)cc1. The van der Waals surface area contributed by atoms with E-state index >= 15 is 0 Å². The second kappa shape index (κ2) is 6.92. The smallest absolute Gasteiger partial charge is 0.238 e. The minimum absolute atomic E-state index is 0.0215. The molecule has 0 radical (unpaired) electrons. The molecule has 0 N–H and O–H groups in total. The summed E-state index contributed by atoms with van der Waals surface area (Å²) in [6, 6.07) is 18.4. The number of benzene rings is 2. The number of rotatable bonds is 3. The van der Waals surface area contributed by atoms with Gasteiger partial charge in [-0.1, -0.05) is 60.2 Å². The summed E-state index contributed by atoms with van der Waals surface area (Å²) >= 11 is 1.57. The monoisotopic (exact) mass is 402 g/mol. The molecule has 1 aromatic heterocycles. The molecule has 1 saturated heterocycles. The van der Waals surface area contributed by atoms with Crippen molar-refractivity contribution < 1.29 is 9.59 Å². The van der Waals surface area contributed by atoms with Crippen LogP contribution in [0.2, 0.25) is 0 Å². The van der Waals surface area contributed by atoms with E-state index in [0.29, 0.717) is 13.0 Å². The maximum atomic E-state index is 13.2. The fourth-order valence-electron chi connectivity index (χ4n) is 4.68. The van der Waals surface area contributed by atoms with Gasteiger partial charge in [-0.3, -0.25) is 14.5 Å². The summed E-state index contributed by atoms with van der Waals surface area (Å²) in [4.78, 5) is 33.8. The molecule has 2 amide bonds. The largest absolute Gasteiger partial charge is 0.282 e. The first-order chi connectivity index (χ1) is 14.1. The van der Waals surface area contributed by atoms with E-state index in [1.54, 1.807) is 11.3 Å². The number of likely N-dealkylation sites (tertiary alicyclic amines) is 1. The Morgan fingerprint density at radius 2 is 1.76 bits per heavy atom. The lowest BCUT2D eigenvalue weighted by Crippen LogP contribution is -2.32. The zero-order valence-electron chi connectivity index (χ0n) is 16.5. The Hall–Kier alpha value is -2.79. The van der Waals surface area contributed by atoms with E-state index < -0.39 is 5.92 Å². The molecule has 3 atom stereocenters. The topological polar surface area (TPSA) is 50.3 Å². The number of likely N-dealkylation sites (N-methyl/N-ethyl adjacent to an activating group) is 1. The van der Waals surface area contributed by atoms with Crippen LogP contribution >= 0.6 is 11.3 Å². The van der Waals surface area contributed by atoms with Crippen LogP contribution in [0.1, 0.15) is 40.5 Å². The molecule has 0 spiro atoms. The summed E-state index contributed by atoms with van der Waals surface area (Å²) in [5, 5.41) is 0.925. The molecular weight excluding hydrogens is 380 g/mol. The van der Waals surface area contributed by atoms with Crippen LogP contribution in [0.5, 0.6) is 0 Å². The van der Waals surface area contributed by atoms with E-state index in [9.17, 15) is 9.59 Å². The van der Waals surface area contributed by atoms with Gasteiger partial charge < -0.3 is 0 Å². The quantitative estimate of drug-likeness (QED) is 0.604. The van der Waals surface area contributed by atoms with Crippen molar-refractivity contribution in [1.29, 1.82) is 0 Å². The van der Waals surface area contributed by atoms with Gasteiger partial charge in [0.25, 0.3) is 0 Å². The van der Waals surface area contributed by atoms with Crippen LogP contribution < -0.4 is 0 Å². The number of aryl methyl sites for hydroxylation is 1. The van der Waals surface area contributed by atoms with Crippen LogP contribution in [0, 0.1) is 12.8 Å². The lowest BCUT2D eigenvalue weighted by Gasteiger charge is -2.30. The zero-order valence-corrected chi connectivity index (χ0v) is 17.3. The highest BCUT2D eigenvalue weighted by Crippen LogP contribution is 2.52. The van der Waals surface area contributed by atoms with E-state index in [1.165, 1.54) is 10.5 Å². The van der Waals surface area contributed by atoms with E-state index in [-0.39, 0.29) is 23.7 Å². The van der Waals surface area contributed by atoms with Crippen LogP contribution in [0.25, 0.3) is 10.6 Å². The van der Waals surface area contributed by atoms with Gasteiger partial charge in [0, 0.05) is 22.9 Å². The van der Waals surface area contributed by atoms with E-state index in [2.05, 4.69) is 31.2 Å². The average molecular weight is 403 g/mol. The molecular formula is C24H22N2O2S. The van der Waals surface area contributed by atoms with Crippen LogP contribution in [0.3, 0.4) is 0 Å². The number of aromatic nitrogens is 1. The highest BCUT2D eigenvalue weighted by atomic mass is 32.1. The standard InChI is InChI=1S/C24H22N2O2S/c1-3-26-23(27)19-17(15-11-9-14(2)10-12-15)13-18-21(20(19)24(26)28)29-22(25-18)16-7-5-4-6-8-16/h4-12,17,19-20H,3,13H2,1-2H3/t17-,19-,20-/m0/s1. The Labute approximate surface area is 174 Å². The molecule has 5 heteroatoms. The second-order valence-electron chi connectivity index (χ2n) is 7.84. The van der Waals surface area contributed by atoms with Crippen molar-refractivity contribution in [2.75, 3.05) is 6.54 Å². The van der Waals surface area contributed by atoms with Gasteiger partial charge in [-0.15, -0.1) is 11.3 Å². The van der Waals surface area contributed by atoms with Gasteiger partial charge in [0.1, 0.15) is 5.01 Å². The molecule has 4 nitrogen and oxygen atoms in total. The van der Waals surface area contributed by atoms with Gasteiger partial charge >= 0.3 is 0 Å². The summed E-state index contributed by atoms with van der Waals surface area (Å²) in [7, 11) is 0. The van der Waals surface area contributed by atoms with Crippen LogP contribution in [-0.2, 0) is 16.0 Å². The summed E-state index contributed by atoms with van der Waals surface area (Å²) in [6.07, 6.45) is 0.694. The molecule has 146 valence electrons. The molecule has 0 unspecified atom stereocenters. The molecule has 29 heavy (non-hydrogen) atoms. The third-order valence-electron chi connectivity index (χ3n) is 6.14. The van der Waals surface area contributed by atoms with Crippen molar-refractivity contribution in [3.8, 4) is 10.6 Å². The van der Waals surface area contributed by atoms with E-state index in [1.807, 2.05) is 37.3 Å². The van der Waals surface area contributed by atoms with Gasteiger partial charge in [0.15, 0.2) is 0 Å². The van der Waals surface area contributed by atoms with Gasteiger partial charge in [0.05, 0.1) is 17.5 Å². The number of amides is 2. The van der Waals surface area contributed by atoms with Crippen LogP contribution in [-0.4, -0.2) is 28.2 Å². The maximum Gasteiger partial charge on any atom is 0.238 e. The lowest BCUT2D eigenvalue weighted by atomic mass is 9.72. The summed E-state index contributed by atoms with van der Waals surface area (Å²) in [5.74, 6) is -0.863. The van der Waals surface area contributed by atoms with Crippen LogP contribution in [0.15, 0.2) is 54.6 Å². The molecule has 0 saturated carbocycles. The van der Waals surface area contributed by atoms with E-state index in [0.717, 1.165) is 26.7 Å². The number of fused-ring (bicyclic) bond motifs is 3. The molecule has 1 aliphatic heterocycles. The van der Waals surface area contributed by atoms with Gasteiger partial charge in [0.2, 0.25) is 11.8 Å². The summed E-state index contributed by atoms with van der Waals surface area (Å²) in [6.45, 7) is 4.35. The van der Waals surface area contributed by atoms with E-state index in [4.69, 9.17) is 4.98 Å². The Morgan fingerprint density at radius 3 is 2.45 bits per heavy atom. The first-order valence-electron chi connectivity index (χ1n) is 10.0. The number of carbonyl (C=O) groups is 2. The number of nitrogens with zero attached hydrogens (tertiary/aromatic N) is 2. The van der Waals surface area contributed by atoms with Gasteiger partial charge in [-0.25, -0.2) is 4.98 Å². The predicted molar refractivity (Wildman–Crippen MR) is 114 cm³/mol. The zero-order chi connectivity index (χ0) is 20.1. The Kier molecular flexibility index (Phi) is 4.36. The molecule has 1 fully saturated rings. The van der Waals surface area contributed by atoms with Gasteiger partial charge in [-0.05, 0) is 25.8 Å². The summed E-state index contributed by atoms with van der Waals surface area (Å²) in [5.41, 5.74) is 4.33. The first-order valence-corrected chi connectivity index (χ1v) is 10.9. The minimum atomic E-state index is -0.410. The fraction of sp³-hybridized carbons (Fsp3) is 0.292. The molecule has 5 rings (SSSR count). The Bertz CT molecular complexity index is 1090. The number of hydrogen-bond acceptors (Lipinski definition) is 4. The molecule has 2 aliphatic rings. The number of hydrogen-bond donors (Lipinski definition) is 0. The molecule has 0 bridgehead atoms. The van der Waals surface area contributed by atoms with Crippen molar-refractivity contribution >= 4 is 23.2 Å². The third-order valence-corrected chi connectivity index (χ3v) is 7.37. The number of thiazole rings is 1. The van der Waals surface area contributed by atoms with Crippen molar-refractivity contribution in [1.82, 2.24) is 9.88 Å². The average Bonchev–Trinajstić information content (AvgIpc) is 3.27. The predicted octanol–water partition coefficient (Wildman–Crippen LogP) is 4.55. The second-order valence-corrected chi connectivity index (χ2v) is 8.87. The third kappa shape index (κ3) is 2.84. The normalized spacial score (nSPS) is 23.2. The highest BCUT2D eigenvalue weighted by Gasteiger charge is 2.55. The number of carbonyl (C=O) groups excluding carboxylic acids is 2. The lowest BCUT2D eigenvalue weighted by molar-refractivity contribution is -0.139. The highest BCUT2D eigenvalue weighted by molar-refractivity contribution is 7.15. The first kappa shape index (κ1) is 18.3. The van der Waals surface area contributed by atoms with Crippen molar-refractivity contribution in [2.45, 2.75) is 32.1 Å². The molecule has 1 aliphatic carbocycles. The molecule has 3 aromatic rings. The molecule has 2 heterocycles. The Balaban J connectivity index is 1.64. The van der Waals surface area contributed by atoms with Crippen molar-refractivity contribution in [3.63, 3.8) is 0 Å². The van der Waals surface area contributed by atoms with Gasteiger partial charge in [-0.2, -0.15) is 0 Å².